The molecule has 2 rings (SSSR count). The maximum Gasteiger partial charge on any atom is 0.223 e. The lowest BCUT2D eigenvalue weighted by atomic mass is 10.2. The van der Waals surface area contributed by atoms with Crippen LogP contribution in [-0.4, -0.2) is 10.1 Å². The minimum atomic E-state index is -0.361. The minimum Gasteiger partial charge on any atom is -0.493 e. The second kappa shape index (κ2) is 4.67. The van der Waals surface area contributed by atoms with Gasteiger partial charge in [0.15, 0.2) is 5.13 Å². The number of anilines is 1. The highest BCUT2D eigenvalue weighted by atomic mass is 35.5. The summed E-state index contributed by atoms with van der Waals surface area (Å²) in [5.74, 6) is -0.377. The molecule has 0 aliphatic heterocycles. The highest BCUT2D eigenvalue weighted by Gasteiger charge is 2.03. The number of halogens is 2. The van der Waals surface area contributed by atoms with Gasteiger partial charge in [0.2, 0.25) is 5.88 Å². The first-order chi connectivity index (χ1) is 7.65. The molecule has 2 N–H and O–H groups in total. The predicted molar refractivity (Wildman–Crippen MR) is 62.5 cm³/mol. The van der Waals surface area contributed by atoms with Crippen LogP contribution < -0.4 is 5.32 Å². The van der Waals surface area contributed by atoms with Crippen LogP contribution in [0, 0.1) is 5.82 Å². The second-order valence-corrected chi connectivity index (χ2v) is 4.37. The monoisotopic (exact) mass is 258 g/mol. The van der Waals surface area contributed by atoms with Crippen LogP contribution in [0.2, 0.25) is 5.02 Å². The van der Waals surface area contributed by atoms with E-state index in [2.05, 4.69) is 10.3 Å². The van der Waals surface area contributed by atoms with Gasteiger partial charge in [0.1, 0.15) is 5.82 Å². The molecular weight excluding hydrogens is 251 g/mol. The molecule has 0 saturated heterocycles. The summed E-state index contributed by atoms with van der Waals surface area (Å²) in [4.78, 5) is 3.82. The summed E-state index contributed by atoms with van der Waals surface area (Å²) < 4.78 is 12.8. The molecule has 0 amide bonds. The van der Waals surface area contributed by atoms with E-state index in [1.54, 1.807) is 6.07 Å². The molecule has 0 radical (unpaired) electrons. The normalized spacial score (nSPS) is 10.4. The fourth-order valence-electron chi connectivity index (χ4n) is 1.18. The van der Waals surface area contributed by atoms with E-state index in [0.717, 1.165) is 5.56 Å². The Labute approximate surface area is 101 Å². The number of nitrogens with one attached hydrogen (secondary N) is 1. The van der Waals surface area contributed by atoms with Crippen molar-refractivity contribution < 1.29 is 9.50 Å². The first-order valence-corrected chi connectivity index (χ1v) is 5.73. The molecule has 0 spiro atoms. The molecule has 3 nitrogen and oxygen atoms in total. The molecule has 6 heteroatoms. The highest BCUT2D eigenvalue weighted by Crippen LogP contribution is 2.22. The lowest BCUT2D eigenvalue weighted by Crippen LogP contribution is -1.99. The lowest BCUT2D eigenvalue weighted by Gasteiger charge is -2.04. The van der Waals surface area contributed by atoms with Gasteiger partial charge in [-0.25, -0.2) is 4.39 Å². The quantitative estimate of drug-likeness (QED) is 0.888. The smallest absolute Gasteiger partial charge is 0.223 e. The largest absolute Gasteiger partial charge is 0.493 e. The zero-order valence-corrected chi connectivity index (χ0v) is 9.65. The summed E-state index contributed by atoms with van der Waals surface area (Å²) in [6, 6.07) is 4.22. The van der Waals surface area contributed by atoms with Crippen molar-refractivity contribution in [1.29, 1.82) is 0 Å². The minimum absolute atomic E-state index is 0.0160. The summed E-state index contributed by atoms with van der Waals surface area (Å²) in [5, 5.41) is 14.5. The van der Waals surface area contributed by atoms with Gasteiger partial charge < -0.3 is 10.4 Å². The number of benzene rings is 1. The maximum atomic E-state index is 12.8. The van der Waals surface area contributed by atoms with Gasteiger partial charge in [-0.2, -0.15) is 4.98 Å². The molecule has 2 aromatic rings. The topological polar surface area (TPSA) is 45.1 Å². The number of nitrogens with zero attached hydrogens (tertiary/aromatic N) is 1. The van der Waals surface area contributed by atoms with Crippen LogP contribution in [0.25, 0.3) is 0 Å². The second-order valence-electron chi connectivity index (χ2n) is 3.10. The number of rotatable bonds is 3. The van der Waals surface area contributed by atoms with Gasteiger partial charge in [-0.05, 0) is 17.7 Å². The van der Waals surface area contributed by atoms with Gasteiger partial charge >= 0.3 is 0 Å². The fourth-order valence-corrected chi connectivity index (χ4v) is 1.99. The Bertz CT molecular complexity index is 503. The summed E-state index contributed by atoms with van der Waals surface area (Å²) in [6.45, 7) is 0.437. The first kappa shape index (κ1) is 11.2. The van der Waals surface area contributed by atoms with E-state index in [0.29, 0.717) is 16.7 Å². The maximum absolute atomic E-state index is 12.8. The average molecular weight is 259 g/mol. The van der Waals surface area contributed by atoms with Crippen LogP contribution in [0.15, 0.2) is 23.6 Å². The fraction of sp³-hybridized carbons (Fsp3) is 0.100. The number of aromatic nitrogens is 1. The van der Waals surface area contributed by atoms with E-state index >= 15 is 0 Å². The van der Waals surface area contributed by atoms with Crippen LogP contribution in [-0.2, 0) is 6.54 Å². The molecule has 0 fully saturated rings. The zero-order chi connectivity index (χ0) is 11.5. The standard InChI is InChI=1S/C10H8ClFN2OS/c11-8-3-7(12)2-1-6(8)4-13-10-14-9(15)5-16-10/h1-3,5,15H,4H2,(H,13,14). The van der Waals surface area contributed by atoms with E-state index in [1.807, 2.05) is 0 Å². The van der Waals surface area contributed by atoms with Crippen LogP contribution in [0.3, 0.4) is 0 Å². The summed E-state index contributed by atoms with van der Waals surface area (Å²) in [7, 11) is 0. The van der Waals surface area contributed by atoms with Crippen molar-refractivity contribution in [3.8, 4) is 5.88 Å². The Balaban J connectivity index is 2.04. The van der Waals surface area contributed by atoms with E-state index in [9.17, 15) is 4.39 Å². The molecule has 1 aromatic heterocycles. The number of thiazole rings is 1. The van der Waals surface area contributed by atoms with Crippen molar-refractivity contribution in [3.63, 3.8) is 0 Å². The molecule has 0 atom stereocenters. The van der Waals surface area contributed by atoms with Gasteiger partial charge in [-0.1, -0.05) is 17.7 Å². The van der Waals surface area contributed by atoms with Crippen molar-refractivity contribution in [1.82, 2.24) is 4.98 Å². The Morgan fingerprint density at radius 2 is 2.31 bits per heavy atom. The van der Waals surface area contributed by atoms with E-state index in [-0.39, 0.29) is 11.7 Å². The Kier molecular flexibility index (Phi) is 3.26. The SMILES string of the molecule is Oc1csc(NCc2ccc(F)cc2Cl)n1. The highest BCUT2D eigenvalue weighted by molar-refractivity contribution is 7.13. The van der Waals surface area contributed by atoms with Crippen molar-refractivity contribution in [3.05, 3.63) is 40.0 Å². The van der Waals surface area contributed by atoms with Crippen molar-refractivity contribution >= 4 is 28.1 Å². The molecule has 0 saturated carbocycles. The summed E-state index contributed by atoms with van der Waals surface area (Å²) >= 11 is 7.14. The van der Waals surface area contributed by atoms with Crippen molar-refractivity contribution in [2.75, 3.05) is 5.32 Å². The van der Waals surface area contributed by atoms with Crippen molar-refractivity contribution in [2.45, 2.75) is 6.54 Å². The number of aromatic hydroxyl groups is 1. The van der Waals surface area contributed by atoms with Crippen LogP contribution in [0.4, 0.5) is 9.52 Å². The van der Waals surface area contributed by atoms with E-state index < -0.39 is 0 Å². The number of hydrogen-bond donors (Lipinski definition) is 2. The van der Waals surface area contributed by atoms with Crippen molar-refractivity contribution in [2.24, 2.45) is 0 Å². The summed E-state index contributed by atoms with van der Waals surface area (Å²) in [6.07, 6.45) is 0. The van der Waals surface area contributed by atoms with Gasteiger partial charge in [-0.3, -0.25) is 0 Å². The molecule has 0 aliphatic carbocycles. The van der Waals surface area contributed by atoms with Crippen LogP contribution in [0.5, 0.6) is 5.88 Å². The van der Waals surface area contributed by atoms with E-state index in [4.69, 9.17) is 16.7 Å². The predicted octanol–water partition coefficient (Wildman–Crippen LogP) is 3.25. The van der Waals surface area contributed by atoms with Crippen LogP contribution in [0.1, 0.15) is 5.56 Å². The third-order valence-corrected chi connectivity index (χ3v) is 3.08. The molecule has 1 aromatic carbocycles. The first-order valence-electron chi connectivity index (χ1n) is 4.47. The summed E-state index contributed by atoms with van der Waals surface area (Å²) in [5.41, 5.74) is 0.776. The van der Waals surface area contributed by atoms with Crippen LogP contribution >= 0.6 is 22.9 Å². The third-order valence-electron chi connectivity index (χ3n) is 1.94. The van der Waals surface area contributed by atoms with E-state index in [1.165, 1.54) is 28.8 Å². The molecule has 16 heavy (non-hydrogen) atoms. The zero-order valence-electron chi connectivity index (χ0n) is 8.08. The van der Waals surface area contributed by atoms with Gasteiger partial charge in [0.25, 0.3) is 0 Å². The van der Waals surface area contributed by atoms with Gasteiger partial charge in [0.05, 0.1) is 5.38 Å². The molecular formula is C10H8ClFN2OS. The van der Waals surface area contributed by atoms with Gasteiger partial charge in [0, 0.05) is 11.6 Å². The molecule has 0 bridgehead atoms. The Morgan fingerprint density at radius 3 is 2.94 bits per heavy atom. The molecule has 0 unspecified atom stereocenters. The molecule has 1 heterocycles. The lowest BCUT2D eigenvalue weighted by molar-refractivity contribution is 0.458. The number of hydrogen-bond acceptors (Lipinski definition) is 4. The average Bonchev–Trinajstić information content (AvgIpc) is 2.63. The Hall–Kier alpha value is -1.33. The van der Waals surface area contributed by atoms with Gasteiger partial charge in [-0.15, -0.1) is 11.3 Å². The third kappa shape index (κ3) is 2.62. The molecule has 0 aliphatic rings. The molecule has 84 valence electrons. The Morgan fingerprint density at radius 1 is 1.50 bits per heavy atom.